The Morgan fingerprint density at radius 2 is 1.68 bits per heavy atom. The fraction of sp³-hybridized carbons (Fsp3) is 0.333. The van der Waals surface area contributed by atoms with Crippen LogP contribution in [-0.4, -0.2) is 48.1 Å². The highest BCUT2D eigenvalue weighted by atomic mass is 32.2. The van der Waals surface area contributed by atoms with E-state index >= 15 is 0 Å². The largest absolute Gasteiger partial charge is 0.497 e. The van der Waals surface area contributed by atoms with Gasteiger partial charge in [-0.2, -0.15) is 0 Å². The van der Waals surface area contributed by atoms with E-state index in [0.717, 1.165) is 22.9 Å². The van der Waals surface area contributed by atoms with E-state index in [1.807, 2.05) is 38.1 Å². The summed E-state index contributed by atoms with van der Waals surface area (Å²) in [6.07, 6.45) is 0. The van der Waals surface area contributed by atoms with Gasteiger partial charge in [-0.05, 0) is 62.4 Å². The molecule has 148 valence electrons. The zero-order valence-corrected chi connectivity index (χ0v) is 17.1. The number of carbonyl (C=O) groups excluding carboxylic acids is 1. The van der Waals surface area contributed by atoms with Gasteiger partial charge in [0.15, 0.2) is 11.8 Å². The van der Waals surface area contributed by atoms with Gasteiger partial charge in [0.25, 0.3) is 5.91 Å². The molecule has 1 aliphatic heterocycles. The van der Waals surface area contributed by atoms with Crippen LogP contribution in [0, 0.1) is 0 Å². The highest BCUT2D eigenvalue weighted by molar-refractivity contribution is 8.14. The molecule has 1 fully saturated rings. The average Bonchev–Trinajstić information content (AvgIpc) is 3.08. The third kappa shape index (κ3) is 4.98. The fourth-order valence-corrected chi connectivity index (χ4v) is 3.88. The molecule has 0 N–H and O–H groups in total. The van der Waals surface area contributed by atoms with Crippen molar-refractivity contribution in [3.8, 4) is 17.2 Å². The van der Waals surface area contributed by atoms with Gasteiger partial charge in [-0.1, -0.05) is 11.8 Å². The quantitative estimate of drug-likeness (QED) is 0.700. The van der Waals surface area contributed by atoms with E-state index in [-0.39, 0.29) is 18.6 Å². The minimum Gasteiger partial charge on any atom is -0.497 e. The summed E-state index contributed by atoms with van der Waals surface area (Å²) in [4.78, 5) is 19.1. The maximum absolute atomic E-state index is 12.8. The number of hydrogen-bond acceptors (Lipinski definition) is 6. The van der Waals surface area contributed by atoms with Crippen molar-refractivity contribution in [1.82, 2.24) is 4.90 Å². The molecule has 0 spiro atoms. The summed E-state index contributed by atoms with van der Waals surface area (Å²) in [7, 11) is 1.61. The molecule has 7 heteroatoms. The van der Waals surface area contributed by atoms with E-state index < -0.39 is 0 Å². The first-order valence-corrected chi connectivity index (χ1v) is 10.1. The normalized spacial score (nSPS) is 17.6. The topological polar surface area (TPSA) is 60.4 Å². The first kappa shape index (κ1) is 20.1. The number of rotatable bonds is 7. The Morgan fingerprint density at radius 1 is 1.07 bits per heavy atom. The summed E-state index contributed by atoms with van der Waals surface area (Å²) in [6, 6.07) is 14.8. The minimum absolute atomic E-state index is 0.0421. The predicted octanol–water partition coefficient (Wildman–Crippen LogP) is 4.12. The number of aliphatic imine (C=N–C) groups is 1. The standard InChI is InChI=1S/C21H24N2O4S/c1-4-26-18-7-5-16(6-8-18)22-21-23(15(2)14-28-21)20(24)13-27-19-11-9-17(25-3)10-12-19/h5-12,15H,4,13-14H2,1-3H3/t15-/m1/s1. The Labute approximate surface area is 169 Å². The van der Waals surface area contributed by atoms with Crippen LogP contribution in [0.2, 0.25) is 0 Å². The molecule has 1 atom stereocenters. The number of benzene rings is 2. The van der Waals surface area contributed by atoms with E-state index in [1.54, 1.807) is 48.0 Å². The Kier molecular flexibility index (Phi) is 6.81. The van der Waals surface area contributed by atoms with Gasteiger partial charge < -0.3 is 14.2 Å². The highest BCUT2D eigenvalue weighted by Gasteiger charge is 2.32. The van der Waals surface area contributed by atoms with Crippen molar-refractivity contribution < 1.29 is 19.0 Å². The summed E-state index contributed by atoms with van der Waals surface area (Å²) in [5, 5.41) is 0.694. The molecule has 1 saturated heterocycles. The molecular formula is C21H24N2O4S. The molecule has 6 nitrogen and oxygen atoms in total. The van der Waals surface area contributed by atoms with Crippen molar-refractivity contribution in [1.29, 1.82) is 0 Å². The number of methoxy groups -OCH3 is 1. The Balaban J connectivity index is 1.66. The van der Waals surface area contributed by atoms with Gasteiger partial charge in [-0.25, -0.2) is 4.99 Å². The van der Waals surface area contributed by atoms with Crippen LogP contribution in [0.3, 0.4) is 0 Å². The van der Waals surface area contributed by atoms with E-state index in [0.29, 0.717) is 17.5 Å². The molecule has 28 heavy (non-hydrogen) atoms. The van der Waals surface area contributed by atoms with Crippen molar-refractivity contribution in [2.24, 2.45) is 4.99 Å². The van der Waals surface area contributed by atoms with Gasteiger partial charge >= 0.3 is 0 Å². The van der Waals surface area contributed by atoms with E-state index in [4.69, 9.17) is 14.2 Å². The molecule has 3 rings (SSSR count). The van der Waals surface area contributed by atoms with Gasteiger partial charge in [0, 0.05) is 11.8 Å². The molecule has 2 aromatic rings. The maximum atomic E-state index is 12.8. The lowest BCUT2D eigenvalue weighted by molar-refractivity contribution is -0.130. The average molecular weight is 401 g/mol. The van der Waals surface area contributed by atoms with Gasteiger partial charge in [0.05, 0.1) is 19.4 Å². The summed E-state index contributed by atoms with van der Waals surface area (Å²) in [5.74, 6) is 2.87. The lowest BCUT2D eigenvalue weighted by atomic mass is 10.3. The second kappa shape index (κ2) is 9.50. The molecule has 0 saturated carbocycles. The summed E-state index contributed by atoms with van der Waals surface area (Å²) < 4.78 is 16.2. The maximum Gasteiger partial charge on any atom is 0.266 e. The number of hydrogen-bond donors (Lipinski definition) is 0. The lowest BCUT2D eigenvalue weighted by Crippen LogP contribution is -2.40. The van der Waals surface area contributed by atoms with Crippen LogP contribution >= 0.6 is 11.8 Å². The zero-order chi connectivity index (χ0) is 19.9. The predicted molar refractivity (Wildman–Crippen MR) is 112 cm³/mol. The number of thioether (sulfide) groups is 1. The zero-order valence-electron chi connectivity index (χ0n) is 16.3. The molecule has 1 heterocycles. The number of amides is 1. The molecule has 0 radical (unpaired) electrons. The van der Waals surface area contributed by atoms with Crippen molar-refractivity contribution >= 4 is 28.5 Å². The Morgan fingerprint density at radius 3 is 2.32 bits per heavy atom. The lowest BCUT2D eigenvalue weighted by Gasteiger charge is -2.21. The summed E-state index contributed by atoms with van der Waals surface area (Å²) >= 11 is 1.57. The first-order valence-electron chi connectivity index (χ1n) is 9.14. The molecular weight excluding hydrogens is 376 g/mol. The first-order chi connectivity index (χ1) is 13.6. The molecule has 0 bridgehead atoms. The van der Waals surface area contributed by atoms with Crippen LogP contribution in [0.4, 0.5) is 5.69 Å². The number of amidine groups is 1. The fourth-order valence-electron chi connectivity index (χ4n) is 2.75. The highest BCUT2D eigenvalue weighted by Crippen LogP contribution is 2.28. The van der Waals surface area contributed by atoms with E-state index in [1.165, 1.54) is 0 Å². The summed E-state index contributed by atoms with van der Waals surface area (Å²) in [5.41, 5.74) is 0.786. The number of ether oxygens (including phenoxy) is 3. The molecule has 0 unspecified atom stereocenters. The van der Waals surface area contributed by atoms with Crippen molar-refractivity contribution in [2.75, 3.05) is 26.1 Å². The van der Waals surface area contributed by atoms with Crippen LogP contribution in [-0.2, 0) is 4.79 Å². The van der Waals surface area contributed by atoms with E-state index in [9.17, 15) is 4.79 Å². The van der Waals surface area contributed by atoms with Crippen LogP contribution in [0.25, 0.3) is 0 Å². The molecule has 2 aromatic carbocycles. The minimum atomic E-state index is -0.113. The molecule has 0 aromatic heterocycles. The third-order valence-electron chi connectivity index (χ3n) is 4.16. The van der Waals surface area contributed by atoms with Gasteiger partial charge in [-0.3, -0.25) is 9.69 Å². The Bertz CT molecular complexity index is 821. The van der Waals surface area contributed by atoms with Crippen LogP contribution in [0.1, 0.15) is 13.8 Å². The van der Waals surface area contributed by atoms with Crippen LogP contribution in [0.15, 0.2) is 53.5 Å². The van der Waals surface area contributed by atoms with Crippen molar-refractivity contribution in [3.05, 3.63) is 48.5 Å². The molecule has 0 aliphatic carbocycles. The SMILES string of the molecule is CCOc1ccc(N=C2SC[C@@H](C)N2C(=O)COc2ccc(OC)cc2)cc1. The second-order valence-corrected chi connectivity index (χ2v) is 7.20. The Hall–Kier alpha value is -2.67. The van der Waals surface area contributed by atoms with Gasteiger partial charge in [0.1, 0.15) is 17.2 Å². The van der Waals surface area contributed by atoms with E-state index in [2.05, 4.69) is 4.99 Å². The van der Waals surface area contributed by atoms with Gasteiger partial charge in [-0.15, -0.1) is 0 Å². The third-order valence-corrected chi connectivity index (χ3v) is 5.36. The van der Waals surface area contributed by atoms with Gasteiger partial charge in [0.2, 0.25) is 0 Å². The summed E-state index contributed by atoms with van der Waals surface area (Å²) in [6.45, 7) is 4.54. The monoisotopic (exact) mass is 400 g/mol. The van der Waals surface area contributed by atoms with Crippen molar-refractivity contribution in [3.63, 3.8) is 0 Å². The van der Waals surface area contributed by atoms with Crippen molar-refractivity contribution in [2.45, 2.75) is 19.9 Å². The molecule has 1 amide bonds. The number of nitrogens with zero attached hydrogens (tertiary/aromatic N) is 2. The van der Waals surface area contributed by atoms with Crippen LogP contribution in [0.5, 0.6) is 17.2 Å². The molecule has 1 aliphatic rings. The second-order valence-electron chi connectivity index (χ2n) is 6.21. The number of carbonyl (C=O) groups is 1. The smallest absolute Gasteiger partial charge is 0.266 e. The van der Waals surface area contributed by atoms with Crippen LogP contribution < -0.4 is 14.2 Å².